The van der Waals surface area contributed by atoms with Crippen LogP contribution in [0.15, 0.2) is 0 Å². The van der Waals surface area contributed by atoms with E-state index in [2.05, 4.69) is 31.0 Å². The van der Waals surface area contributed by atoms with E-state index in [1.165, 1.54) is 0 Å². The van der Waals surface area contributed by atoms with Gasteiger partial charge in [0.25, 0.3) is 0 Å². The topological polar surface area (TPSA) is 41.6 Å². The Labute approximate surface area is 117 Å². The average Bonchev–Trinajstić information content (AvgIpc) is 2.39. The first-order valence-corrected chi connectivity index (χ1v) is 7.65. The van der Waals surface area contributed by atoms with Gasteiger partial charge in [-0.3, -0.25) is 9.69 Å². The summed E-state index contributed by atoms with van der Waals surface area (Å²) in [5, 5.41) is 3.12. The van der Waals surface area contributed by atoms with Gasteiger partial charge in [-0.1, -0.05) is 34.1 Å². The lowest BCUT2D eigenvalue weighted by molar-refractivity contribution is -0.125. The van der Waals surface area contributed by atoms with Crippen LogP contribution in [0.25, 0.3) is 0 Å². The third-order valence-electron chi connectivity index (χ3n) is 3.94. The van der Waals surface area contributed by atoms with Crippen LogP contribution in [0, 0.1) is 11.8 Å². The van der Waals surface area contributed by atoms with Crippen molar-refractivity contribution in [2.24, 2.45) is 11.8 Å². The van der Waals surface area contributed by atoms with Gasteiger partial charge in [0.05, 0.1) is 13.2 Å². The van der Waals surface area contributed by atoms with Gasteiger partial charge in [-0.25, -0.2) is 0 Å². The summed E-state index contributed by atoms with van der Waals surface area (Å²) in [6.07, 6.45) is 2.03. The summed E-state index contributed by atoms with van der Waals surface area (Å²) in [5.74, 6) is 0.864. The van der Waals surface area contributed by atoms with Crippen molar-refractivity contribution < 1.29 is 9.53 Å². The normalized spacial score (nSPS) is 20.3. The zero-order chi connectivity index (χ0) is 14.3. The maximum Gasteiger partial charge on any atom is 0.222 e. The van der Waals surface area contributed by atoms with Gasteiger partial charge in [0.1, 0.15) is 0 Å². The molecule has 4 heteroatoms. The molecular weight excluding hydrogens is 240 g/mol. The van der Waals surface area contributed by atoms with Crippen molar-refractivity contribution in [2.75, 3.05) is 32.8 Å². The van der Waals surface area contributed by atoms with Crippen LogP contribution in [0.1, 0.15) is 40.5 Å². The molecule has 1 aliphatic rings. The van der Waals surface area contributed by atoms with Crippen molar-refractivity contribution in [3.63, 3.8) is 0 Å². The quantitative estimate of drug-likeness (QED) is 0.768. The number of nitrogens with zero attached hydrogens (tertiary/aromatic N) is 1. The maximum absolute atomic E-state index is 12.0. The van der Waals surface area contributed by atoms with Crippen LogP contribution in [0.5, 0.6) is 0 Å². The Bertz CT molecular complexity index is 263. The zero-order valence-corrected chi connectivity index (χ0v) is 12.9. The highest BCUT2D eigenvalue weighted by Crippen LogP contribution is 2.13. The molecule has 0 saturated carbocycles. The minimum Gasteiger partial charge on any atom is -0.379 e. The summed E-state index contributed by atoms with van der Waals surface area (Å²) in [5.41, 5.74) is 0. The number of hydrogen-bond donors (Lipinski definition) is 1. The van der Waals surface area contributed by atoms with Crippen molar-refractivity contribution in [3.05, 3.63) is 0 Å². The van der Waals surface area contributed by atoms with E-state index in [4.69, 9.17) is 4.74 Å². The van der Waals surface area contributed by atoms with Crippen LogP contribution in [0.4, 0.5) is 0 Å². The van der Waals surface area contributed by atoms with Crippen molar-refractivity contribution in [3.8, 4) is 0 Å². The van der Waals surface area contributed by atoms with Crippen molar-refractivity contribution in [2.45, 2.75) is 46.6 Å². The van der Waals surface area contributed by atoms with Gasteiger partial charge in [-0.05, 0) is 12.3 Å². The first-order valence-electron chi connectivity index (χ1n) is 7.65. The molecule has 1 saturated heterocycles. The molecule has 2 unspecified atom stereocenters. The van der Waals surface area contributed by atoms with E-state index < -0.39 is 0 Å². The predicted molar refractivity (Wildman–Crippen MR) is 78.1 cm³/mol. The zero-order valence-electron chi connectivity index (χ0n) is 12.9. The van der Waals surface area contributed by atoms with Gasteiger partial charge in [0.15, 0.2) is 0 Å². The molecule has 1 amide bonds. The number of morpholine rings is 1. The first kappa shape index (κ1) is 16.4. The molecule has 0 aromatic rings. The lowest BCUT2D eigenvalue weighted by Gasteiger charge is -2.37. The largest absolute Gasteiger partial charge is 0.379 e. The standard InChI is InChI=1S/C15H30N2O2/c1-5-6-13(4)15(18)16-11-14(12(2)3)17-7-9-19-10-8-17/h12-14H,5-11H2,1-4H3,(H,16,18). The highest BCUT2D eigenvalue weighted by molar-refractivity contribution is 5.78. The van der Waals surface area contributed by atoms with Crippen LogP contribution < -0.4 is 5.32 Å². The van der Waals surface area contributed by atoms with Crippen LogP contribution in [0.3, 0.4) is 0 Å². The fourth-order valence-corrected chi connectivity index (χ4v) is 2.64. The van der Waals surface area contributed by atoms with Gasteiger partial charge in [-0.2, -0.15) is 0 Å². The van der Waals surface area contributed by atoms with E-state index in [0.717, 1.165) is 45.7 Å². The van der Waals surface area contributed by atoms with E-state index in [1.807, 2.05) is 6.92 Å². The van der Waals surface area contributed by atoms with E-state index in [1.54, 1.807) is 0 Å². The number of carbonyl (C=O) groups excluding carboxylic acids is 1. The molecule has 0 bridgehead atoms. The Balaban J connectivity index is 2.43. The lowest BCUT2D eigenvalue weighted by atomic mass is 10.0. The van der Waals surface area contributed by atoms with Gasteiger partial charge in [-0.15, -0.1) is 0 Å². The smallest absolute Gasteiger partial charge is 0.222 e. The van der Waals surface area contributed by atoms with Crippen LogP contribution >= 0.6 is 0 Å². The second-order valence-corrected chi connectivity index (χ2v) is 5.89. The van der Waals surface area contributed by atoms with E-state index in [-0.39, 0.29) is 11.8 Å². The SMILES string of the molecule is CCCC(C)C(=O)NCC(C(C)C)N1CCOCC1. The number of carbonyl (C=O) groups is 1. The molecule has 0 spiro atoms. The minimum atomic E-state index is 0.127. The van der Waals surface area contributed by atoms with E-state index in [0.29, 0.717) is 12.0 Å². The van der Waals surface area contributed by atoms with E-state index >= 15 is 0 Å². The Morgan fingerprint density at radius 2 is 1.89 bits per heavy atom. The van der Waals surface area contributed by atoms with Crippen LogP contribution in [-0.4, -0.2) is 49.7 Å². The Kier molecular flexibility index (Phi) is 7.39. The Hall–Kier alpha value is -0.610. The molecule has 112 valence electrons. The van der Waals surface area contributed by atoms with Crippen LogP contribution in [-0.2, 0) is 9.53 Å². The monoisotopic (exact) mass is 270 g/mol. The molecule has 19 heavy (non-hydrogen) atoms. The predicted octanol–water partition coefficient (Wildman–Crippen LogP) is 1.90. The number of nitrogens with one attached hydrogen (secondary N) is 1. The molecule has 1 aliphatic heterocycles. The maximum atomic E-state index is 12.0. The average molecular weight is 270 g/mol. The Morgan fingerprint density at radius 3 is 2.42 bits per heavy atom. The molecule has 0 radical (unpaired) electrons. The molecule has 2 atom stereocenters. The van der Waals surface area contributed by atoms with Crippen LogP contribution in [0.2, 0.25) is 0 Å². The van der Waals surface area contributed by atoms with Gasteiger partial charge in [0, 0.05) is 31.6 Å². The number of hydrogen-bond acceptors (Lipinski definition) is 3. The molecule has 0 aromatic heterocycles. The summed E-state index contributed by atoms with van der Waals surface area (Å²) in [7, 11) is 0. The molecule has 1 heterocycles. The van der Waals surface area contributed by atoms with Gasteiger partial charge in [0.2, 0.25) is 5.91 Å². The number of amides is 1. The molecule has 1 fully saturated rings. The van der Waals surface area contributed by atoms with E-state index in [9.17, 15) is 4.79 Å². The second-order valence-electron chi connectivity index (χ2n) is 5.89. The molecule has 0 aromatic carbocycles. The summed E-state index contributed by atoms with van der Waals surface area (Å²) in [6, 6.07) is 0.418. The lowest BCUT2D eigenvalue weighted by Crippen LogP contribution is -2.51. The fraction of sp³-hybridized carbons (Fsp3) is 0.933. The third-order valence-corrected chi connectivity index (χ3v) is 3.94. The van der Waals surface area contributed by atoms with Crippen molar-refractivity contribution >= 4 is 5.91 Å². The molecule has 4 nitrogen and oxygen atoms in total. The second kappa shape index (κ2) is 8.54. The Morgan fingerprint density at radius 1 is 1.26 bits per heavy atom. The van der Waals surface area contributed by atoms with Crippen molar-refractivity contribution in [1.82, 2.24) is 10.2 Å². The fourth-order valence-electron chi connectivity index (χ4n) is 2.64. The third kappa shape index (κ3) is 5.49. The molecule has 1 N–H and O–H groups in total. The highest BCUT2D eigenvalue weighted by atomic mass is 16.5. The van der Waals surface area contributed by atoms with Gasteiger partial charge >= 0.3 is 0 Å². The molecule has 1 rings (SSSR count). The molecule has 0 aliphatic carbocycles. The minimum absolute atomic E-state index is 0.127. The summed E-state index contributed by atoms with van der Waals surface area (Å²) in [6.45, 7) is 12.9. The summed E-state index contributed by atoms with van der Waals surface area (Å²) < 4.78 is 5.40. The summed E-state index contributed by atoms with van der Waals surface area (Å²) in [4.78, 5) is 14.4. The first-order chi connectivity index (χ1) is 9.06. The number of rotatable bonds is 7. The highest BCUT2D eigenvalue weighted by Gasteiger charge is 2.24. The van der Waals surface area contributed by atoms with Crippen molar-refractivity contribution in [1.29, 1.82) is 0 Å². The molecular formula is C15H30N2O2. The number of ether oxygens (including phenoxy) is 1. The van der Waals surface area contributed by atoms with Gasteiger partial charge < -0.3 is 10.1 Å². The summed E-state index contributed by atoms with van der Waals surface area (Å²) >= 11 is 0.